The quantitative estimate of drug-likeness (QED) is 0.665. The van der Waals surface area contributed by atoms with Gasteiger partial charge in [0.25, 0.3) is 5.91 Å². The van der Waals surface area contributed by atoms with Crippen LogP contribution in [0.1, 0.15) is 11.1 Å². The third-order valence-electron chi connectivity index (χ3n) is 2.19. The lowest BCUT2D eigenvalue weighted by Gasteiger charge is -2.19. The number of hydrogen-bond acceptors (Lipinski definition) is 3. The van der Waals surface area contributed by atoms with Crippen LogP contribution in [0.3, 0.4) is 0 Å². The molecule has 0 spiro atoms. The van der Waals surface area contributed by atoms with E-state index in [0.29, 0.717) is 5.56 Å². The first-order valence-electron chi connectivity index (χ1n) is 4.28. The number of aliphatic hydroxyl groups is 1. The maximum atomic E-state index is 13.0. The predicted molar refractivity (Wildman–Crippen MR) is 47.6 cm³/mol. The fourth-order valence-corrected chi connectivity index (χ4v) is 1.51. The predicted octanol–water partition coefficient (Wildman–Crippen LogP) is 0.377. The standard InChI is InChI=1S/C10H6FN2O2/c11-7-1-5-3-8(14)10(15)13-9(5)6(2-7)4-12/h1-2,8,14H,3H2. The highest BCUT2D eigenvalue weighted by Crippen LogP contribution is 2.27. The van der Waals surface area contributed by atoms with Crippen LogP contribution in [0, 0.1) is 17.1 Å². The van der Waals surface area contributed by atoms with Gasteiger partial charge in [0.05, 0.1) is 11.3 Å². The van der Waals surface area contributed by atoms with Crippen LogP contribution < -0.4 is 5.32 Å². The molecular weight excluding hydrogens is 199 g/mol. The summed E-state index contributed by atoms with van der Waals surface area (Å²) in [5, 5.41) is 21.5. The molecule has 1 amide bonds. The highest BCUT2D eigenvalue weighted by Gasteiger charge is 2.28. The molecule has 15 heavy (non-hydrogen) atoms. The molecule has 0 saturated carbocycles. The molecule has 1 radical (unpaired) electrons. The number of aliphatic hydroxyl groups excluding tert-OH is 1. The largest absolute Gasteiger partial charge is 0.383 e. The Balaban J connectivity index is 2.58. The Morgan fingerprint density at radius 3 is 3.00 bits per heavy atom. The molecule has 4 nitrogen and oxygen atoms in total. The van der Waals surface area contributed by atoms with Crippen molar-refractivity contribution in [1.82, 2.24) is 5.32 Å². The van der Waals surface area contributed by atoms with E-state index in [4.69, 9.17) is 5.26 Å². The number of nitriles is 1. The monoisotopic (exact) mass is 205 g/mol. The van der Waals surface area contributed by atoms with E-state index in [0.717, 1.165) is 6.07 Å². The Morgan fingerprint density at radius 2 is 2.33 bits per heavy atom. The molecule has 0 aromatic heterocycles. The molecule has 0 saturated heterocycles. The Labute approximate surface area is 84.9 Å². The van der Waals surface area contributed by atoms with E-state index in [-0.39, 0.29) is 17.7 Å². The van der Waals surface area contributed by atoms with Gasteiger partial charge in [0.2, 0.25) is 0 Å². The van der Waals surface area contributed by atoms with E-state index in [1.807, 2.05) is 0 Å². The average Bonchev–Trinajstić information content (AvgIpc) is 2.19. The van der Waals surface area contributed by atoms with Gasteiger partial charge in [0.1, 0.15) is 18.0 Å². The minimum Gasteiger partial charge on any atom is -0.383 e. The van der Waals surface area contributed by atoms with Gasteiger partial charge >= 0.3 is 0 Å². The average molecular weight is 205 g/mol. The summed E-state index contributed by atoms with van der Waals surface area (Å²) in [4.78, 5) is 11.1. The number of halogens is 1. The van der Waals surface area contributed by atoms with Crippen molar-refractivity contribution < 1.29 is 14.3 Å². The molecule has 5 heteroatoms. The van der Waals surface area contributed by atoms with Crippen LogP contribution in [0.2, 0.25) is 0 Å². The second-order valence-corrected chi connectivity index (χ2v) is 3.24. The molecule has 1 atom stereocenters. The van der Waals surface area contributed by atoms with Crippen LogP contribution in [-0.2, 0) is 11.2 Å². The Morgan fingerprint density at radius 1 is 1.60 bits per heavy atom. The van der Waals surface area contributed by atoms with Crippen molar-refractivity contribution in [3.8, 4) is 6.07 Å². The van der Waals surface area contributed by atoms with E-state index in [1.54, 1.807) is 6.07 Å². The number of amides is 1. The van der Waals surface area contributed by atoms with Gasteiger partial charge in [-0.2, -0.15) is 5.26 Å². The number of carbonyl (C=O) groups is 1. The summed E-state index contributed by atoms with van der Waals surface area (Å²) in [5.74, 6) is -1.26. The highest BCUT2D eigenvalue weighted by molar-refractivity contribution is 5.89. The van der Waals surface area contributed by atoms with Crippen molar-refractivity contribution in [2.75, 3.05) is 0 Å². The van der Waals surface area contributed by atoms with E-state index in [2.05, 4.69) is 5.32 Å². The first kappa shape index (κ1) is 9.62. The van der Waals surface area contributed by atoms with Crippen LogP contribution in [0.25, 0.3) is 0 Å². The molecule has 1 aromatic carbocycles. The van der Waals surface area contributed by atoms with Gasteiger partial charge < -0.3 is 5.11 Å². The van der Waals surface area contributed by atoms with Crippen LogP contribution in [0.15, 0.2) is 12.1 Å². The first-order chi connectivity index (χ1) is 7.11. The number of hydrogen-bond donors (Lipinski definition) is 1. The second-order valence-electron chi connectivity index (χ2n) is 3.24. The van der Waals surface area contributed by atoms with Crippen molar-refractivity contribution in [2.45, 2.75) is 12.5 Å². The summed E-state index contributed by atoms with van der Waals surface area (Å²) in [6.45, 7) is 0. The zero-order valence-corrected chi connectivity index (χ0v) is 7.57. The summed E-state index contributed by atoms with van der Waals surface area (Å²) in [6.07, 6.45) is -1.23. The number of benzene rings is 1. The summed E-state index contributed by atoms with van der Waals surface area (Å²) < 4.78 is 13.0. The Hall–Kier alpha value is -1.93. The topological polar surface area (TPSA) is 75.2 Å². The smallest absolute Gasteiger partial charge is 0.275 e. The van der Waals surface area contributed by atoms with Gasteiger partial charge in [-0.1, -0.05) is 0 Å². The zero-order chi connectivity index (χ0) is 11.0. The van der Waals surface area contributed by atoms with Crippen LogP contribution in [-0.4, -0.2) is 17.1 Å². The number of nitrogens with zero attached hydrogens (tertiary/aromatic N) is 2. The molecule has 1 aromatic rings. The fourth-order valence-electron chi connectivity index (χ4n) is 1.51. The van der Waals surface area contributed by atoms with Gasteiger partial charge in [-0.3, -0.25) is 4.79 Å². The van der Waals surface area contributed by atoms with Gasteiger partial charge in [0.15, 0.2) is 0 Å². The van der Waals surface area contributed by atoms with Crippen LogP contribution in [0.5, 0.6) is 0 Å². The van der Waals surface area contributed by atoms with E-state index < -0.39 is 17.8 Å². The lowest BCUT2D eigenvalue weighted by molar-refractivity contribution is -0.128. The molecule has 0 aliphatic carbocycles. The van der Waals surface area contributed by atoms with Gasteiger partial charge in [0, 0.05) is 6.42 Å². The van der Waals surface area contributed by atoms with Crippen molar-refractivity contribution in [3.63, 3.8) is 0 Å². The van der Waals surface area contributed by atoms with Gasteiger partial charge in [-0.15, -0.1) is 0 Å². The molecule has 0 bridgehead atoms. The zero-order valence-electron chi connectivity index (χ0n) is 7.57. The number of rotatable bonds is 0. The molecule has 1 aliphatic rings. The molecule has 1 unspecified atom stereocenters. The fraction of sp³-hybridized carbons (Fsp3) is 0.200. The number of fused-ring (bicyclic) bond motifs is 1. The Kier molecular flexibility index (Phi) is 2.14. The summed E-state index contributed by atoms with van der Waals surface area (Å²) >= 11 is 0. The lowest BCUT2D eigenvalue weighted by atomic mass is 9.97. The molecular formula is C10H6FN2O2. The van der Waals surface area contributed by atoms with Gasteiger partial charge in [-0.05, 0) is 17.7 Å². The van der Waals surface area contributed by atoms with Crippen molar-refractivity contribution in [2.24, 2.45) is 0 Å². The molecule has 2 rings (SSSR count). The van der Waals surface area contributed by atoms with Crippen LogP contribution in [0.4, 0.5) is 10.1 Å². The van der Waals surface area contributed by atoms with E-state index in [9.17, 15) is 14.3 Å². The Bertz CT molecular complexity index is 479. The molecule has 1 N–H and O–H groups in total. The van der Waals surface area contributed by atoms with Crippen LogP contribution >= 0.6 is 0 Å². The number of carbonyl (C=O) groups excluding carboxylic acids is 1. The normalized spacial score (nSPS) is 19.0. The SMILES string of the molecule is N#Cc1cc(F)cc2c1[N]C(=O)C(O)C2. The molecule has 1 aliphatic heterocycles. The second kappa shape index (κ2) is 3.33. The van der Waals surface area contributed by atoms with E-state index in [1.165, 1.54) is 6.07 Å². The molecule has 75 valence electrons. The maximum Gasteiger partial charge on any atom is 0.275 e. The van der Waals surface area contributed by atoms with Crippen molar-refractivity contribution >= 4 is 11.6 Å². The maximum absolute atomic E-state index is 13.0. The van der Waals surface area contributed by atoms with Crippen molar-refractivity contribution in [3.05, 3.63) is 29.1 Å². The highest BCUT2D eigenvalue weighted by atomic mass is 19.1. The first-order valence-corrected chi connectivity index (χ1v) is 4.28. The van der Waals surface area contributed by atoms with E-state index >= 15 is 0 Å². The summed E-state index contributed by atoms with van der Waals surface area (Å²) in [5.41, 5.74) is 0.582. The van der Waals surface area contributed by atoms with Gasteiger partial charge in [-0.25, -0.2) is 9.71 Å². The molecule has 1 heterocycles. The van der Waals surface area contributed by atoms with Crippen molar-refractivity contribution in [1.29, 1.82) is 5.26 Å². The minimum absolute atomic E-state index is 0.00407. The lowest BCUT2D eigenvalue weighted by Crippen LogP contribution is -2.34. The summed E-state index contributed by atoms with van der Waals surface area (Å²) in [7, 11) is 0. The third-order valence-corrected chi connectivity index (χ3v) is 2.19. The molecule has 0 fully saturated rings. The third kappa shape index (κ3) is 1.55. The summed E-state index contributed by atoms with van der Waals surface area (Å²) in [6, 6.07) is 3.96. The minimum atomic E-state index is -1.23.